The Labute approximate surface area is 227 Å². The van der Waals surface area contributed by atoms with Crippen molar-refractivity contribution in [3.63, 3.8) is 0 Å². The third-order valence-electron chi connectivity index (χ3n) is 7.86. The van der Waals surface area contributed by atoms with Gasteiger partial charge in [-0.25, -0.2) is 4.39 Å². The zero-order chi connectivity index (χ0) is 26.1. The van der Waals surface area contributed by atoms with Crippen molar-refractivity contribution >= 4 is 34.0 Å². The summed E-state index contributed by atoms with van der Waals surface area (Å²) >= 11 is 6.52. The number of fused-ring (bicyclic) bond motifs is 1. The molecule has 3 aliphatic rings. The summed E-state index contributed by atoms with van der Waals surface area (Å²) < 4.78 is 24.6. The SMILES string of the molecule is O=C(NC(Cc1ccc(OC2COC2)c(Cl)c1)CN1CCC1)C1CCN(c2ccc3cc(F)ccc3c2)C1. The molecule has 1 N–H and O–H groups in total. The number of nitrogens with one attached hydrogen (secondary N) is 1. The van der Waals surface area contributed by atoms with Crippen molar-refractivity contribution in [1.29, 1.82) is 0 Å². The molecule has 0 spiro atoms. The molecule has 38 heavy (non-hydrogen) atoms. The van der Waals surface area contributed by atoms with Crippen LogP contribution in [0.1, 0.15) is 18.4 Å². The van der Waals surface area contributed by atoms with E-state index in [9.17, 15) is 9.18 Å². The van der Waals surface area contributed by atoms with Crippen LogP contribution in [0.15, 0.2) is 54.6 Å². The maximum absolute atomic E-state index is 13.5. The van der Waals surface area contributed by atoms with Gasteiger partial charge in [-0.05, 0) is 85.1 Å². The number of rotatable bonds is 9. The third-order valence-corrected chi connectivity index (χ3v) is 8.16. The molecule has 2 atom stereocenters. The number of hydrogen-bond donors (Lipinski definition) is 1. The van der Waals surface area contributed by atoms with Crippen LogP contribution in [0.3, 0.4) is 0 Å². The van der Waals surface area contributed by atoms with Gasteiger partial charge in [0.1, 0.15) is 17.7 Å². The second-order valence-electron chi connectivity index (χ2n) is 10.7. The van der Waals surface area contributed by atoms with Crippen LogP contribution in [0.2, 0.25) is 5.02 Å². The highest BCUT2D eigenvalue weighted by atomic mass is 35.5. The topological polar surface area (TPSA) is 54.0 Å². The van der Waals surface area contributed by atoms with Gasteiger partial charge < -0.3 is 24.6 Å². The number of nitrogens with zero attached hydrogens (tertiary/aromatic N) is 2. The van der Waals surface area contributed by atoms with Gasteiger partial charge >= 0.3 is 0 Å². The maximum Gasteiger partial charge on any atom is 0.225 e. The van der Waals surface area contributed by atoms with Gasteiger partial charge in [0.05, 0.1) is 24.2 Å². The van der Waals surface area contributed by atoms with E-state index in [0.717, 1.165) is 54.6 Å². The number of halogens is 2. The summed E-state index contributed by atoms with van der Waals surface area (Å²) in [6, 6.07) is 16.8. The second-order valence-corrected chi connectivity index (χ2v) is 11.1. The molecular weight excluding hydrogens is 505 g/mol. The molecule has 3 heterocycles. The Balaban J connectivity index is 1.09. The summed E-state index contributed by atoms with van der Waals surface area (Å²) in [6.45, 7) is 5.68. The quantitative estimate of drug-likeness (QED) is 0.430. The first-order chi connectivity index (χ1) is 18.5. The zero-order valence-electron chi connectivity index (χ0n) is 21.4. The van der Waals surface area contributed by atoms with E-state index in [1.165, 1.54) is 12.5 Å². The molecule has 6 nitrogen and oxygen atoms in total. The molecule has 200 valence electrons. The van der Waals surface area contributed by atoms with Gasteiger partial charge in [0.2, 0.25) is 5.91 Å². The highest BCUT2D eigenvalue weighted by Gasteiger charge is 2.31. The first kappa shape index (κ1) is 25.4. The van der Waals surface area contributed by atoms with Crippen LogP contribution in [0.5, 0.6) is 5.75 Å². The minimum atomic E-state index is -0.230. The molecule has 1 amide bonds. The highest BCUT2D eigenvalue weighted by molar-refractivity contribution is 6.32. The van der Waals surface area contributed by atoms with Gasteiger partial charge in [-0.1, -0.05) is 29.8 Å². The van der Waals surface area contributed by atoms with Crippen LogP contribution >= 0.6 is 11.6 Å². The lowest BCUT2D eigenvalue weighted by molar-refractivity contribution is -0.125. The molecule has 0 radical (unpaired) electrons. The van der Waals surface area contributed by atoms with Crippen molar-refractivity contribution in [2.24, 2.45) is 5.92 Å². The predicted molar refractivity (Wildman–Crippen MR) is 148 cm³/mol. The highest BCUT2D eigenvalue weighted by Crippen LogP contribution is 2.30. The van der Waals surface area contributed by atoms with Crippen molar-refractivity contribution < 1.29 is 18.7 Å². The third kappa shape index (κ3) is 5.75. The van der Waals surface area contributed by atoms with Crippen molar-refractivity contribution in [2.45, 2.75) is 31.4 Å². The van der Waals surface area contributed by atoms with Crippen LogP contribution < -0.4 is 15.0 Å². The molecule has 3 saturated heterocycles. The Hall–Kier alpha value is -2.87. The number of likely N-dealkylation sites (tertiary alicyclic amines) is 1. The number of carbonyl (C=O) groups excluding carboxylic acids is 1. The monoisotopic (exact) mass is 537 g/mol. The molecule has 3 aromatic rings. The standard InChI is InChI=1S/C30H33ClFN3O3/c31-28-13-20(2-7-29(28)38-27-18-37-19-27)12-25(17-34-9-1-10-34)33-30(36)23-8-11-35(16-23)26-6-4-21-14-24(32)5-3-22(21)15-26/h2-7,13-15,23,25,27H,1,8-12,16-19H2,(H,33,36). The van der Waals surface area contributed by atoms with E-state index in [0.29, 0.717) is 37.0 Å². The van der Waals surface area contributed by atoms with E-state index in [2.05, 4.69) is 21.2 Å². The first-order valence-electron chi connectivity index (χ1n) is 13.5. The molecule has 0 saturated carbocycles. The fourth-order valence-corrected chi connectivity index (χ4v) is 5.73. The lowest BCUT2D eigenvalue weighted by atomic mass is 10.0. The van der Waals surface area contributed by atoms with E-state index in [-0.39, 0.29) is 29.8 Å². The van der Waals surface area contributed by atoms with Crippen molar-refractivity contribution in [3.05, 3.63) is 71.0 Å². The average Bonchev–Trinajstić information content (AvgIpc) is 3.35. The Bertz CT molecular complexity index is 1310. The van der Waals surface area contributed by atoms with Crippen molar-refractivity contribution in [1.82, 2.24) is 10.2 Å². The molecule has 0 bridgehead atoms. The molecule has 0 aromatic heterocycles. The number of hydrogen-bond acceptors (Lipinski definition) is 5. The first-order valence-corrected chi connectivity index (χ1v) is 13.9. The molecule has 3 aliphatic heterocycles. The molecule has 3 fully saturated rings. The Kier molecular flexibility index (Phi) is 7.41. The molecular formula is C30H33ClFN3O3. The zero-order valence-corrected chi connectivity index (χ0v) is 22.1. The summed E-state index contributed by atoms with van der Waals surface area (Å²) in [5.74, 6) is 0.488. The lowest BCUT2D eigenvalue weighted by Gasteiger charge is -2.35. The van der Waals surface area contributed by atoms with Gasteiger partial charge in [-0.3, -0.25) is 4.79 Å². The number of anilines is 1. The van der Waals surface area contributed by atoms with Gasteiger partial charge in [0.25, 0.3) is 0 Å². The summed E-state index contributed by atoms with van der Waals surface area (Å²) in [5, 5.41) is 5.83. The van der Waals surface area contributed by atoms with E-state index in [1.807, 2.05) is 36.4 Å². The molecule has 3 aromatic carbocycles. The van der Waals surface area contributed by atoms with Gasteiger partial charge in [-0.2, -0.15) is 0 Å². The van der Waals surface area contributed by atoms with Crippen molar-refractivity contribution in [2.75, 3.05) is 50.8 Å². The van der Waals surface area contributed by atoms with Crippen molar-refractivity contribution in [3.8, 4) is 5.75 Å². The fraction of sp³-hybridized carbons (Fsp3) is 0.433. The van der Waals surface area contributed by atoms with Gasteiger partial charge in [0, 0.05) is 31.4 Å². The predicted octanol–water partition coefficient (Wildman–Crippen LogP) is 4.67. The van der Waals surface area contributed by atoms with Crippen LogP contribution in [0, 0.1) is 11.7 Å². The van der Waals surface area contributed by atoms with Crippen LogP contribution in [0.25, 0.3) is 10.8 Å². The smallest absolute Gasteiger partial charge is 0.225 e. The summed E-state index contributed by atoms with van der Waals surface area (Å²) in [4.78, 5) is 18.0. The van der Waals surface area contributed by atoms with E-state index in [1.54, 1.807) is 6.07 Å². The largest absolute Gasteiger partial charge is 0.484 e. The Morgan fingerprint density at radius 3 is 2.63 bits per heavy atom. The van der Waals surface area contributed by atoms with Gasteiger partial charge in [0.15, 0.2) is 0 Å². The van der Waals surface area contributed by atoms with Crippen LogP contribution in [-0.4, -0.2) is 68.9 Å². The number of ether oxygens (including phenoxy) is 2. The summed E-state index contributed by atoms with van der Waals surface area (Å²) in [7, 11) is 0. The summed E-state index contributed by atoms with van der Waals surface area (Å²) in [5.41, 5.74) is 2.15. The van der Waals surface area contributed by atoms with E-state index in [4.69, 9.17) is 21.1 Å². The number of amides is 1. The number of benzene rings is 3. The Morgan fingerprint density at radius 1 is 1.08 bits per heavy atom. The van der Waals surface area contributed by atoms with Crippen LogP contribution in [0.4, 0.5) is 10.1 Å². The second kappa shape index (κ2) is 11.1. The average molecular weight is 538 g/mol. The minimum Gasteiger partial charge on any atom is -0.484 e. The van der Waals surface area contributed by atoms with Gasteiger partial charge in [-0.15, -0.1) is 0 Å². The van der Waals surface area contributed by atoms with E-state index < -0.39 is 0 Å². The molecule has 0 aliphatic carbocycles. The number of carbonyl (C=O) groups is 1. The lowest BCUT2D eigenvalue weighted by Crippen LogP contribution is -2.50. The Morgan fingerprint density at radius 2 is 1.89 bits per heavy atom. The normalized spacial score (nSPS) is 20.7. The molecule has 8 heteroatoms. The minimum absolute atomic E-state index is 0.00952. The molecule has 6 rings (SSSR count). The summed E-state index contributed by atoms with van der Waals surface area (Å²) in [6.07, 6.45) is 2.80. The van der Waals surface area contributed by atoms with Crippen LogP contribution in [-0.2, 0) is 16.0 Å². The molecule has 2 unspecified atom stereocenters. The maximum atomic E-state index is 13.5. The fourth-order valence-electron chi connectivity index (χ4n) is 5.48. The van der Waals surface area contributed by atoms with E-state index >= 15 is 0 Å².